The molecule has 3 aromatic carbocycles. The highest BCUT2D eigenvalue weighted by molar-refractivity contribution is 7.07. The third kappa shape index (κ3) is 5.10. The number of methoxy groups -OCH3 is 2. The molecule has 1 aliphatic heterocycles. The highest BCUT2D eigenvalue weighted by Crippen LogP contribution is 2.37. The number of carbonyl (C=O) groups is 1. The normalized spacial score (nSPS) is 14.7. The molecule has 1 aromatic heterocycles. The molecule has 0 radical (unpaired) electrons. The second-order valence-corrected chi connectivity index (χ2v) is 10.1. The lowest BCUT2D eigenvalue weighted by Crippen LogP contribution is -2.40. The molecule has 2 heterocycles. The zero-order chi connectivity index (χ0) is 29.1. The number of terminal acetylenes is 1. The van der Waals surface area contributed by atoms with Gasteiger partial charge in [0.05, 0.1) is 36.6 Å². The SMILES string of the molecule is C#CCOc1ccc2ccccc2c1/C=c1\sc2n(c1=O)[C@@H](c1ccc(OC)cc1OC)C(C(=O)OCC)=C(C)N=2. The van der Waals surface area contributed by atoms with E-state index >= 15 is 0 Å². The van der Waals surface area contributed by atoms with E-state index in [0.717, 1.165) is 16.3 Å². The highest BCUT2D eigenvalue weighted by atomic mass is 32.1. The Morgan fingerprint density at radius 1 is 1.12 bits per heavy atom. The summed E-state index contributed by atoms with van der Waals surface area (Å²) in [6.45, 7) is 3.73. The van der Waals surface area contributed by atoms with Gasteiger partial charge in [-0.1, -0.05) is 47.6 Å². The number of nitrogens with zero attached hydrogens (tertiary/aromatic N) is 2. The summed E-state index contributed by atoms with van der Waals surface area (Å²) < 4.78 is 24.3. The van der Waals surface area contributed by atoms with Crippen LogP contribution in [0.2, 0.25) is 0 Å². The van der Waals surface area contributed by atoms with Gasteiger partial charge >= 0.3 is 5.97 Å². The molecule has 4 aromatic rings. The first-order chi connectivity index (χ1) is 19.9. The number of ether oxygens (including phenoxy) is 4. The van der Waals surface area contributed by atoms with Gasteiger partial charge in [0.25, 0.3) is 5.56 Å². The number of fused-ring (bicyclic) bond motifs is 2. The minimum atomic E-state index is -0.835. The smallest absolute Gasteiger partial charge is 0.338 e. The van der Waals surface area contributed by atoms with Crippen molar-refractivity contribution in [3.05, 3.63) is 96.7 Å². The molecule has 0 spiro atoms. The number of esters is 1. The van der Waals surface area contributed by atoms with Gasteiger partial charge in [-0.2, -0.15) is 0 Å². The van der Waals surface area contributed by atoms with Crippen molar-refractivity contribution in [1.29, 1.82) is 0 Å². The molecule has 8 nitrogen and oxygen atoms in total. The van der Waals surface area contributed by atoms with E-state index in [-0.39, 0.29) is 24.3 Å². The number of aromatic nitrogens is 1. The highest BCUT2D eigenvalue weighted by Gasteiger charge is 2.35. The summed E-state index contributed by atoms with van der Waals surface area (Å²) in [6.07, 6.45) is 7.25. The van der Waals surface area contributed by atoms with Crippen molar-refractivity contribution in [3.63, 3.8) is 0 Å². The van der Waals surface area contributed by atoms with Crippen molar-refractivity contribution in [1.82, 2.24) is 4.57 Å². The summed E-state index contributed by atoms with van der Waals surface area (Å²) in [5.41, 5.74) is 1.73. The zero-order valence-corrected chi connectivity index (χ0v) is 23.9. The number of rotatable bonds is 8. The fraction of sp³-hybridized carbons (Fsp3) is 0.219. The van der Waals surface area contributed by atoms with E-state index in [1.54, 1.807) is 45.2 Å². The van der Waals surface area contributed by atoms with E-state index < -0.39 is 12.0 Å². The Balaban J connectivity index is 1.79. The lowest BCUT2D eigenvalue weighted by atomic mass is 9.95. The predicted molar refractivity (Wildman–Crippen MR) is 158 cm³/mol. The Kier molecular flexibility index (Phi) is 7.95. The van der Waals surface area contributed by atoms with Gasteiger partial charge in [0.2, 0.25) is 0 Å². The van der Waals surface area contributed by atoms with Crippen LogP contribution in [0.5, 0.6) is 17.2 Å². The van der Waals surface area contributed by atoms with Crippen LogP contribution in [0, 0.1) is 12.3 Å². The lowest BCUT2D eigenvalue weighted by molar-refractivity contribution is -0.139. The molecule has 0 amide bonds. The molecule has 41 heavy (non-hydrogen) atoms. The van der Waals surface area contributed by atoms with Gasteiger partial charge in [0, 0.05) is 17.2 Å². The molecule has 1 atom stereocenters. The first-order valence-corrected chi connectivity index (χ1v) is 13.7. The maximum atomic E-state index is 14.2. The number of hydrogen-bond acceptors (Lipinski definition) is 8. The number of benzene rings is 3. The minimum Gasteiger partial charge on any atom is -0.497 e. The van der Waals surface area contributed by atoms with Crippen LogP contribution in [0.3, 0.4) is 0 Å². The topological polar surface area (TPSA) is 88.3 Å². The molecule has 0 aliphatic carbocycles. The lowest BCUT2D eigenvalue weighted by Gasteiger charge is -2.26. The van der Waals surface area contributed by atoms with E-state index in [2.05, 4.69) is 10.9 Å². The fourth-order valence-corrected chi connectivity index (χ4v) is 5.96. The van der Waals surface area contributed by atoms with Gasteiger partial charge in [0.1, 0.15) is 29.9 Å². The Morgan fingerprint density at radius 3 is 2.66 bits per heavy atom. The van der Waals surface area contributed by atoms with E-state index in [1.165, 1.54) is 23.0 Å². The van der Waals surface area contributed by atoms with Crippen LogP contribution < -0.4 is 29.1 Å². The van der Waals surface area contributed by atoms with Crippen LogP contribution in [-0.2, 0) is 9.53 Å². The zero-order valence-electron chi connectivity index (χ0n) is 23.1. The van der Waals surface area contributed by atoms with Crippen LogP contribution in [0.25, 0.3) is 16.8 Å². The summed E-state index contributed by atoms with van der Waals surface area (Å²) in [4.78, 5) is 32.6. The van der Waals surface area contributed by atoms with Crippen LogP contribution in [0.4, 0.5) is 0 Å². The molecular formula is C32H28N2O6S. The average molecular weight is 569 g/mol. The van der Waals surface area contributed by atoms with E-state index in [9.17, 15) is 9.59 Å². The summed E-state index contributed by atoms with van der Waals surface area (Å²) in [5.74, 6) is 3.54. The second-order valence-electron chi connectivity index (χ2n) is 9.10. The molecule has 0 fully saturated rings. The summed E-state index contributed by atoms with van der Waals surface area (Å²) in [5, 5.41) is 1.89. The van der Waals surface area contributed by atoms with Gasteiger partial charge in [-0.05, 0) is 48.9 Å². The van der Waals surface area contributed by atoms with Gasteiger partial charge in [-0.25, -0.2) is 9.79 Å². The van der Waals surface area contributed by atoms with Crippen molar-refractivity contribution in [2.75, 3.05) is 27.4 Å². The minimum absolute atomic E-state index is 0.0831. The molecule has 0 bridgehead atoms. The molecule has 0 unspecified atom stereocenters. The average Bonchev–Trinajstić information content (AvgIpc) is 3.29. The number of allylic oxidation sites excluding steroid dienone is 1. The standard InChI is InChI=1S/C32H28N2O6S/c1-6-16-40-25-15-12-20-10-8-9-11-22(20)24(25)18-27-30(35)34-29(23-14-13-21(37-4)17-26(23)38-5)28(31(36)39-7-2)19(3)33-32(34)41-27/h1,8-15,17-18,29H,7,16H2,2-5H3/b27-18-/t29-/m0/s1. The van der Waals surface area contributed by atoms with Crippen LogP contribution in [0.1, 0.15) is 31.0 Å². The van der Waals surface area contributed by atoms with Gasteiger partial charge < -0.3 is 18.9 Å². The molecular weight excluding hydrogens is 540 g/mol. The second kappa shape index (κ2) is 11.7. The summed E-state index contributed by atoms with van der Waals surface area (Å²) >= 11 is 1.23. The number of thiazole rings is 1. The Bertz CT molecular complexity index is 1910. The molecule has 0 saturated carbocycles. The molecule has 9 heteroatoms. The molecule has 5 rings (SSSR count). The van der Waals surface area contributed by atoms with Crippen LogP contribution >= 0.6 is 11.3 Å². The fourth-order valence-electron chi connectivity index (χ4n) is 4.93. The van der Waals surface area contributed by atoms with Gasteiger partial charge in [-0.15, -0.1) is 6.42 Å². The third-order valence-electron chi connectivity index (χ3n) is 6.77. The van der Waals surface area contributed by atoms with E-state index in [0.29, 0.717) is 37.8 Å². The van der Waals surface area contributed by atoms with Crippen molar-refractivity contribution in [2.45, 2.75) is 19.9 Å². The number of carbonyl (C=O) groups excluding carboxylic acids is 1. The predicted octanol–water partition coefficient (Wildman–Crippen LogP) is 3.98. The number of hydrogen-bond donors (Lipinski definition) is 0. The van der Waals surface area contributed by atoms with Gasteiger partial charge in [0.15, 0.2) is 4.80 Å². The monoisotopic (exact) mass is 568 g/mol. The molecule has 0 saturated heterocycles. The Hall–Kier alpha value is -4.81. The third-order valence-corrected chi connectivity index (χ3v) is 7.75. The quantitative estimate of drug-likeness (QED) is 0.236. The van der Waals surface area contributed by atoms with E-state index in [4.69, 9.17) is 25.4 Å². The summed E-state index contributed by atoms with van der Waals surface area (Å²) in [6, 6.07) is 16.1. The molecule has 1 aliphatic rings. The largest absolute Gasteiger partial charge is 0.497 e. The first kappa shape index (κ1) is 27.7. The van der Waals surface area contributed by atoms with Crippen molar-refractivity contribution in [3.8, 4) is 29.6 Å². The van der Waals surface area contributed by atoms with Crippen LogP contribution in [-0.4, -0.2) is 38.0 Å². The maximum absolute atomic E-state index is 14.2. The summed E-state index contributed by atoms with van der Waals surface area (Å²) in [7, 11) is 3.08. The van der Waals surface area contributed by atoms with Crippen molar-refractivity contribution < 1.29 is 23.7 Å². The van der Waals surface area contributed by atoms with E-state index in [1.807, 2.05) is 36.4 Å². The van der Waals surface area contributed by atoms with Crippen molar-refractivity contribution in [2.24, 2.45) is 4.99 Å². The first-order valence-electron chi connectivity index (χ1n) is 12.9. The van der Waals surface area contributed by atoms with Gasteiger partial charge in [-0.3, -0.25) is 9.36 Å². The molecule has 0 N–H and O–H groups in total. The molecule has 208 valence electrons. The Morgan fingerprint density at radius 2 is 1.93 bits per heavy atom. The Labute approximate surface area is 240 Å². The van der Waals surface area contributed by atoms with Crippen LogP contribution in [0.15, 0.2) is 75.7 Å². The van der Waals surface area contributed by atoms with Crippen molar-refractivity contribution >= 4 is 34.2 Å². The maximum Gasteiger partial charge on any atom is 0.338 e.